The van der Waals surface area contributed by atoms with Gasteiger partial charge in [-0.2, -0.15) is 0 Å². The zero-order valence-corrected chi connectivity index (χ0v) is 13.0. The van der Waals surface area contributed by atoms with Crippen LogP contribution in [0, 0.1) is 11.7 Å². The molecule has 2 aromatic heterocycles. The van der Waals surface area contributed by atoms with Crippen molar-refractivity contribution in [1.29, 1.82) is 0 Å². The number of fused-ring (bicyclic) bond motifs is 1. The van der Waals surface area contributed by atoms with Crippen LogP contribution in [0.2, 0.25) is 0 Å². The highest BCUT2D eigenvalue weighted by atomic mass is 19.1. The van der Waals surface area contributed by atoms with Gasteiger partial charge in [-0.15, -0.1) is 0 Å². The van der Waals surface area contributed by atoms with E-state index in [1.807, 2.05) is 4.90 Å². The van der Waals surface area contributed by atoms with E-state index in [-0.39, 0.29) is 5.92 Å². The zero-order valence-electron chi connectivity index (χ0n) is 13.0. The third-order valence-corrected chi connectivity index (χ3v) is 4.37. The molecule has 2 unspecified atom stereocenters. The van der Waals surface area contributed by atoms with Gasteiger partial charge in [0.25, 0.3) is 0 Å². The first-order chi connectivity index (χ1) is 11.1. The average molecular weight is 322 g/mol. The highest BCUT2D eigenvalue weighted by molar-refractivity contribution is 5.78. The molecule has 1 aliphatic rings. The molecule has 7 heteroatoms. The van der Waals surface area contributed by atoms with Gasteiger partial charge in [0.15, 0.2) is 0 Å². The Morgan fingerprint density at radius 3 is 2.91 bits per heavy atom. The molecule has 2 aromatic rings. The van der Waals surface area contributed by atoms with Crippen LogP contribution in [-0.4, -0.2) is 54.3 Å². The molecule has 0 bridgehead atoms. The standard InChI is InChI=1S/C16H20F2N4O/c1-23-15-3-2-14-16(21-15)11(12(17)7-20-14)4-5-22-8-10(6-19)13(18)9-22/h2-3,7,10,13H,4-6,8-9,19H2,1H3. The number of hydrogen-bond donors (Lipinski definition) is 1. The maximum atomic E-state index is 14.2. The molecular weight excluding hydrogens is 302 g/mol. The van der Waals surface area contributed by atoms with Crippen molar-refractivity contribution in [2.45, 2.75) is 12.6 Å². The number of likely N-dealkylation sites (tertiary alicyclic amines) is 1. The minimum Gasteiger partial charge on any atom is -0.481 e. The summed E-state index contributed by atoms with van der Waals surface area (Å²) in [5.74, 6) is -0.115. The lowest BCUT2D eigenvalue weighted by Gasteiger charge is -2.16. The average Bonchev–Trinajstić information content (AvgIpc) is 2.93. The number of hydrogen-bond acceptors (Lipinski definition) is 5. The molecular formula is C16H20F2N4O. The first kappa shape index (κ1) is 16.0. The van der Waals surface area contributed by atoms with E-state index in [0.29, 0.717) is 55.1 Å². The first-order valence-corrected chi connectivity index (χ1v) is 7.67. The minimum atomic E-state index is -0.905. The van der Waals surface area contributed by atoms with Crippen molar-refractivity contribution in [2.24, 2.45) is 11.7 Å². The SMILES string of the molecule is COc1ccc2ncc(F)c(CCN3CC(F)C(CN)C3)c2n1. The number of ether oxygens (including phenoxy) is 1. The lowest BCUT2D eigenvalue weighted by molar-refractivity contribution is 0.274. The molecule has 3 rings (SSSR count). The summed E-state index contributed by atoms with van der Waals surface area (Å²) in [7, 11) is 1.51. The van der Waals surface area contributed by atoms with E-state index in [1.54, 1.807) is 12.1 Å². The van der Waals surface area contributed by atoms with Crippen LogP contribution < -0.4 is 10.5 Å². The molecule has 5 nitrogen and oxygen atoms in total. The third-order valence-electron chi connectivity index (χ3n) is 4.37. The summed E-state index contributed by atoms with van der Waals surface area (Å²) in [6, 6.07) is 3.44. The van der Waals surface area contributed by atoms with E-state index in [4.69, 9.17) is 10.5 Å². The molecule has 0 amide bonds. The van der Waals surface area contributed by atoms with Gasteiger partial charge >= 0.3 is 0 Å². The topological polar surface area (TPSA) is 64.3 Å². The Bertz CT molecular complexity index is 697. The minimum absolute atomic E-state index is 0.132. The van der Waals surface area contributed by atoms with Crippen LogP contribution in [0.5, 0.6) is 5.88 Å². The monoisotopic (exact) mass is 322 g/mol. The van der Waals surface area contributed by atoms with E-state index in [9.17, 15) is 8.78 Å². The highest BCUT2D eigenvalue weighted by Gasteiger charge is 2.31. The third kappa shape index (κ3) is 3.25. The van der Waals surface area contributed by atoms with Gasteiger partial charge in [0, 0.05) is 37.2 Å². The Hall–Kier alpha value is -1.86. The second-order valence-electron chi connectivity index (χ2n) is 5.83. The molecule has 3 heterocycles. The second-order valence-corrected chi connectivity index (χ2v) is 5.83. The van der Waals surface area contributed by atoms with Crippen molar-refractivity contribution in [3.05, 3.63) is 29.7 Å². The maximum Gasteiger partial charge on any atom is 0.213 e. The van der Waals surface area contributed by atoms with Crippen molar-refractivity contribution >= 4 is 11.0 Å². The van der Waals surface area contributed by atoms with Crippen molar-refractivity contribution in [1.82, 2.24) is 14.9 Å². The number of rotatable bonds is 5. The lowest BCUT2D eigenvalue weighted by Crippen LogP contribution is -2.25. The molecule has 0 spiro atoms. The predicted octanol–water partition coefficient (Wildman–Crippen LogP) is 1.55. The summed E-state index contributed by atoms with van der Waals surface area (Å²) in [4.78, 5) is 10.3. The fourth-order valence-electron chi connectivity index (χ4n) is 3.02. The molecule has 0 aromatic carbocycles. The number of halogens is 2. The molecule has 124 valence electrons. The number of pyridine rings is 2. The summed E-state index contributed by atoms with van der Waals surface area (Å²) >= 11 is 0. The van der Waals surface area contributed by atoms with Crippen molar-refractivity contribution < 1.29 is 13.5 Å². The van der Waals surface area contributed by atoms with Crippen LogP contribution in [0.4, 0.5) is 8.78 Å². The molecule has 23 heavy (non-hydrogen) atoms. The number of nitrogens with two attached hydrogens (primary N) is 1. The van der Waals surface area contributed by atoms with Crippen molar-refractivity contribution in [3.8, 4) is 5.88 Å². The zero-order chi connectivity index (χ0) is 16.4. The van der Waals surface area contributed by atoms with E-state index < -0.39 is 12.0 Å². The first-order valence-electron chi connectivity index (χ1n) is 7.67. The van der Waals surface area contributed by atoms with Gasteiger partial charge in [0.05, 0.1) is 24.3 Å². The van der Waals surface area contributed by atoms with E-state index in [0.717, 1.165) is 0 Å². The molecule has 0 aliphatic carbocycles. The van der Waals surface area contributed by atoms with Crippen LogP contribution >= 0.6 is 0 Å². The van der Waals surface area contributed by atoms with Gasteiger partial charge in [-0.1, -0.05) is 0 Å². The van der Waals surface area contributed by atoms with Gasteiger partial charge in [0.1, 0.15) is 12.0 Å². The Labute approximate surface area is 133 Å². The Kier molecular flexibility index (Phi) is 4.68. The lowest BCUT2D eigenvalue weighted by atomic mass is 10.1. The fraction of sp³-hybridized carbons (Fsp3) is 0.500. The predicted molar refractivity (Wildman–Crippen MR) is 83.6 cm³/mol. The molecule has 2 atom stereocenters. The summed E-state index contributed by atoms with van der Waals surface area (Å²) in [5.41, 5.74) is 7.17. The summed E-state index contributed by atoms with van der Waals surface area (Å²) in [5, 5.41) is 0. The van der Waals surface area contributed by atoms with Gasteiger partial charge in [-0.05, 0) is 19.0 Å². The maximum absolute atomic E-state index is 14.2. The van der Waals surface area contributed by atoms with Crippen LogP contribution in [0.25, 0.3) is 11.0 Å². The number of methoxy groups -OCH3 is 1. The number of alkyl halides is 1. The quantitative estimate of drug-likeness (QED) is 0.905. The molecule has 1 aliphatic heterocycles. The van der Waals surface area contributed by atoms with Crippen LogP contribution in [-0.2, 0) is 6.42 Å². The largest absolute Gasteiger partial charge is 0.481 e. The summed E-state index contributed by atoms with van der Waals surface area (Å²) in [6.45, 7) is 1.86. The van der Waals surface area contributed by atoms with E-state index >= 15 is 0 Å². The van der Waals surface area contributed by atoms with Gasteiger partial charge in [-0.25, -0.2) is 13.8 Å². The normalized spacial score (nSPS) is 21.9. The van der Waals surface area contributed by atoms with Gasteiger partial charge < -0.3 is 10.5 Å². The van der Waals surface area contributed by atoms with E-state index in [2.05, 4.69) is 9.97 Å². The Morgan fingerprint density at radius 1 is 1.39 bits per heavy atom. The molecule has 0 saturated carbocycles. The molecule has 2 N–H and O–H groups in total. The van der Waals surface area contributed by atoms with Crippen LogP contribution in [0.1, 0.15) is 5.56 Å². The summed E-state index contributed by atoms with van der Waals surface area (Å²) < 4.78 is 33.1. The summed E-state index contributed by atoms with van der Waals surface area (Å²) in [6.07, 6.45) is 0.739. The second kappa shape index (κ2) is 6.72. The molecule has 1 fully saturated rings. The number of nitrogens with zero attached hydrogens (tertiary/aromatic N) is 3. The van der Waals surface area contributed by atoms with Crippen molar-refractivity contribution in [2.75, 3.05) is 33.3 Å². The fourth-order valence-corrected chi connectivity index (χ4v) is 3.02. The number of aromatic nitrogens is 2. The van der Waals surface area contributed by atoms with E-state index in [1.165, 1.54) is 13.3 Å². The smallest absolute Gasteiger partial charge is 0.213 e. The van der Waals surface area contributed by atoms with Crippen LogP contribution in [0.3, 0.4) is 0 Å². The van der Waals surface area contributed by atoms with Crippen molar-refractivity contribution in [3.63, 3.8) is 0 Å². The molecule has 1 saturated heterocycles. The van der Waals surface area contributed by atoms with Crippen LogP contribution in [0.15, 0.2) is 18.3 Å². The Balaban J connectivity index is 1.81. The van der Waals surface area contributed by atoms with Gasteiger partial charge in [0.2, 0.25) is 5.88 Å². The van der Waals surface area contributed by atoms with Gasteiger partial charge in [-0.3, -0.25) is 9.88 Å². The Morgan fingerprint density at radius 2 is 2.22 bits per heavy atom. The molecule has 0 radical (unpaired) electrons. The highest BCUT2D eigenvalue weighted by Crippen LogP contribution is 2.23.